The van der Waals surface area contributed by atoms with E-state index in [2.05, 4.69) is 37.4 Å². The number of hydrogen-bond acceptors (Lipinski definition) is 3. The highest BCUT2D eigenvalue weighted by Gasteiger charge is 2.29. The molecule has 0 radical (unpaired) electrons. The maximum absolute atomic E-state index is 12.9. The number of nitrogens with one attached hydrogen (secondary N) is 1. The summed E-state index contributed by atoms with van der Waals surface area (Å²) in [6.07, 6.45) is 0.300. The van der Waals surface area contributed by atoms with Gasteiger partial charge >= 0.3 is 0 Å². The standard InChI is InChI=1S/C20H22N2O2S/c1-13-8-9-18(14(2)10-13)25-12-20(24)22-15(3)11-19(23)21-16-6-4-5-7-17(16)22/h4-10,15H,11-12H2,1-3H3,(H,21,23)/t15-/m0/s1. The van der Waals surface area contributed by atoms with E-state index in [9.17, 15) is 9.59 Å². The highest BCUT2D eigenvalue weighted by molar-refractivity contribution is 8.00. The van der Waals surface area contributed by atoms with Gasteiger partial charge in [0.15, 0.2) is 0 Å². The van der Waals surface area contributed by atoms with Crippen LogP contribution in [-0.4, -0.2) is 23.6 Å². The molecule has 130 valence electrons. The average molecular weight is 354 g/mol. The number of nitrogens with zero attached hydrogens (tertiary/aromatic N) is 1. The van der Waals surface area contributed by atoms with Gasteiger partial charge in [0, 0.05) is 17.4 Å². The molecule has 4 nitrogen and oxygen atoms in total. The van der Waals surface area contributed by atoms with Crippen LogP contribution in [0.25, 0.3) is 0 Å². The van der Waals surface area contributed by atoms with E-state index in [1.165, 1.54) is 11.1 Å². The molecule has 0 saturated heterocycles. The Kier molecular flexibility index (Phi) is 5.13. The van der Waals surface area contributed by atoms with Gasteiger partial charge in [-0.1, -0.05) is 29.8 Å². The zero-order chi connectivity index (χ0) is 18.0. The third-order valence-electron chi connectivity index (χ3n) is 4.31. The maximum Gasteiger partial charge on any atom is 0.237 e. The van der Waals surface area contributed by atoms with Crippen molar-refractivity contribution in [2.75, 3.05) is 16.0 Å². The number of thioether (sulfide) groups is 1. The zero-order valence-electron chi connectivity index (χ0n) is 14.7. The van der Waals surface area contributed by atoms with Crippen molar-refractivity contribution >= 4 is 35.0 Å². The molecule has 0 unspecified atom stereocenters. The molecule has 2 amide bonds. The Labute approximate surface area is 152 Å². The quantitative estimate of drug-likeness (QED) is 0.842. The molecule has 0 aliphatic carbocycles. The minimum Gasteiger partial charge on any atom is -0.324 e. The van der Waals surface area contributed by atoms with Gasteiger partial charge in [-0.2, -0.15) is 0 Å². The van der Waals surface area contributed by atoms with Crippen molar-refractivity contribution in [1.29, 1.82) is 0 Å². The van der Waals surface area contributed by atoms with Crippen LogP contribution in [0.3, 0.4) is 0 Å². The molecule has 1 aliphatic rings. The summed E-state index contributed by atoms with van der Waals surface area (Å²) in [5.74, 6) is 0.301. The van der Waals surface area contributed by atoms with Gasteiger partial charge in [-0.25, -0.2) is 0 Å². The number of aryl methyl sites for hydroxylation is 2. The normalized spacial score (nSPS) is 16.8. The number of carbonyl (C=O) groups is 2. The first-order valence-electron chi connectivity index (χ1n) is 8.36. The van der Waals surface area contributed by atoms with Crippen molar-refractivity contribution in [2.45, 2.75) is 38.1 Å². The minimum atomic E-state index is -0.170. The Hall–Kier alpha value is -2.27. The lowest BCUT2D eigenvalue weighted by Crippen LogP contribution is -2.40. The Morgan fingerprint density at radius 2 is 2.00 bits per heavy atom. The molecule has 0 bridgehead atoms. The second-order valence-electron chi connectivity index (χ2n) is 6.44. The summed E-state index contributed by atoms with van der Waals surface area (Å²) in [4.78, 5) is 27.8. The molecule has 1 N–H and O–H groups in total. The van der Waals surface area contributed by atoms with Gasteiger partial charge in [0.05, 0.1) is 17.1 Å². The first kappa shape index (κ1) is 17.5. The summed E-state index contributed by atoms with van der Waals surface area (Å²) in [6, 6.07) is 13.6. The molecule has 0 aromatic heterocycles. The molecule has 25 heavy (non-hydrogen) atoms. The molecule has 0 fully saturated rings. The van der Waals surface area contributed by atoms with Crippen molar-refractivity contribution in [3.05, 3.63) is 53.6 Å². The van der Waals surface area contributed by atoms with Crippen molar-refractivity contribution in [3.63, 3.8) is 0 Å². The summed E-state index contributed by atoms with van der Waals surface area (Å²) in [7, 11) is 0. The van der Waals surface area contributed by atoms with Gasteiger partial charge in [-0.3, -0.25) is 9.59 Å². The van der Waals surface area contributed by atoms with Crippen LogP contribution in [0.2, 0.25) is 0 Å². The van der Waals surface area contributed by atoms with E-state index >= 15 is 0 Å². The number of amides is 2. The zero-order valence-corrected chi connectivity index (χ0v) is 15.5. The summed E-state index contributed by atoms with van der Waals surface area (Å²) in [5.41, 5.74) is 3.86. The fourth-order valence-corrected chi connectivity index (χ4v) is 4.01. The lowest BCUT2D eigenvalue weighted by atomic mass is 10.2. The van der Waals surface area contributed by atoms with Gasteiger partial charge < -0.3 is 10.2 Å². The minimum absolute atomic E-state index is 0.0152. The second kappa shape index (κ2) is 7.31. The third kappa shape index (κ3) is 3.87. The largest absolute Gasteiger partial charge is 0.324 e. The monoisotopic (exact) mass is 354 g/mol. The summed E-state index contributed by atoms with van der Waals surface area (Å²) in [5, 5.41) is 2.89. The highest BCUT2D eigenvalue weighted by atomic mass is 32.2. The molecule has 3 rings (SSSR count). The Morgan fingerprint density at radius 3 is 2.76 bits per heavy atom. The summed E-state index contributed by atoms with van der Waals surface area (Å²) < 4.78 is 0. The smallest absolute Gasteiger partial charge is 0.237 e. The highest BCUT2D eigenvalue weighted by Crippen LogP contribution is 2.32. The SMILES string of the molecule is Cc1ccc(SCC(=O)N2c3ccccc3NC(=O)C[C@@H]2C)c(C)c1. The molecule has 0 spiro atoms. The van der Waals surface area contributed by atoms with Gasteiger partial charge in [-0.05, 0) is 44.5 Å². The molecular formula is C20H22N2O2S. The van der Waals surface area contributed by atoms with E-state index < -0.39 is 0 Å². The number of benzene rings is 2. The second-order valence-corrected chi connectivity index (χ2v) is 7.46. The van der Waals surface area contributed by atoms with E-state index in [-0.39, 0.29) is 17.9 Å². The van der Waals surface area contributed by atoms with Gasteiger partial charge in [-0.15, -0.1) is 11.8 Å². The van der Waals surface area contributed by atoms with Crippen molar-refractivity contribution < 1.29 is 9.59 Å². The van der Waals surface area contributed by atoms with Crippen LogP contribution in [0.4, 0.5) is 11.4 Å². The van der Waals surface area contributed by atoms with Gasteiger partial charge in [0.25, 0.3) is 0 Å². The molecule has 1 atom stereocenters. The molecular weight excluding hydrogens is 332 g/mol. The topological polar surface area (TPSA) is 49.4 Å². The van der Waals surface area contributed by atoms with E-state index in [4.69, 9.17) is 0 Å². The molecule has 1 aliphatic heterocycles. The lowest BCUT2D eigenvalue weighted by molar-refractivity contribution is -0.117. The number of rotatable bonds is 3. The van der Waals surface area contributed by atoms with Crippen LogP contribution in [0, 0.1) is 13.8 Å². The fraction of sp³-hybridized carbons (Fsp3) is 0.300. The van der Waals surface area contributed by atoms with Crippen LogP contribution in [0.1, 0.15) is 24.5 Å². The van der Waals surface area contributed by atoms with Crippen LogP contribution < -0.4 is 10.2 Å². The summed E-state index contributed by atoms with van der Waals surface area (Å²) >= 11 is 1.55. The Morgan fingerprint density at radius 1 is 1.24 bits per heavy atom. The number of carbonyl (C=O) groups excluding carboxylic acids is 2. The van der Waals surface area contributed by atoms with Crippen molar-refractivity contribution in [2.24, 2.45) is 0 Å². The number of anilines is 2. The van der Waals surface area contributed by atoms with Crippen LogP contribution in [-0.2, 0) is 9.59 Å². The Balaban J connectivity index is 1.81. The van der Waals surface area contributed by atoms with Crippen molar-refractivity contribution in [3.8, 4) is 0 Å². The number of fused-ring (bicyclic) bond motifs is 1. The van der Waals surface area contributed by atoms with E-state index in [0.717, 1.165) is 10.6 Å². The molecule has 2 aromatic carbocycles. The van der Waals surface area contributed by atoms with Gasteiger partial charge in [0.2, 0.25) is 11.8 Å². The molecule has 5 heteroatoms. The van der Waals surface area contributed by atoms with E-state index in [0.29, 0.717) is 17.9 Å². The van der Waals surface area contributed by atoms with Crippen LogP contribution in [0.5, 0.6) is 0 Å². The first-order valence-corrected chi connectivity index (χ1v) is 9.35. The Bertz CT molecular complexity index is 819. The fourth-order valence-electron chi connectivity index (χ4n) is 3.14. The average Bonchev–Trinajstić information content (AvgIpc) is 2.68. The number of para-hydroxylation sites is 2. The molecule has 0 saturated carbocycles. The molecule has 1 heterocycles. The van der Waals surface area contributed by atoms with Crippen LogP contribution in [0.15, 0.2) is 47.4 Å². The third-order valence-corrected chi connectivity index (χ3v) is 5.47. The van der Waals surface area contributed by atoms with E-state index in [1.807, 2.05) is 31.2 Å². The lowest BCUT2D eigenvalue weighted by Gasteiger charge is -2.27. The van der Waals surface area contributed by atoms with Crippen molar-refractivity contribution in [1.82, 2.24) is 0 Å². The predicted molar refractivity (Wildman–Crippen MR) is 103 cm³/mol. The first-order chi connectivity index (χ1) is 12.0. The number of hydrogen-bond donors (Lipinski definition) is 1. The van der Waals surface area contributed by atoms with Crippen LogP contribution >= 0.6 is 11.8 Å². The predicted octanol–water partition coefficient (Wildman–Crippen LogP) is 4.16. The van der Waals surface area contributed by atoms with E-state index in [1.54, 1.807) is 16.7 Å². The molecule has 2 aromatic rings. The summed E-state index contributed by atoms with van der Waals surface area (Å²) in [6.45, 7) is 6.04. The van der Waals surface area contributed by atoms with Gasteiger partial charge in [0.1, 0.15) is 0 Å². The maximum atomic E-state index is 12.9.